The Morgan fingerprint density at radius 1 is 0.957 bits per heavy atom. The topological polar surface area (TPSA) is 145 Å². The van der Waals surface area contributed by atoms with E-state index < -0.39 is 66.0 Å². The van der Waals surface area contributed by atoms with E-state index in [0.717, 1.165) is 12.0 Å². The highest BCUT2D eigenvalue weighted by Gasteiger charge is 2.49. The van der Waals surface area contributed by atoms with Crippen LogP contribution in [0.1, 0.15) is 50.0 Å². The number of hydrogen-bond acceptors (Lipinski definition) is 7. The number of ether oxygens (including phenoxy) is 1. The van der Waals surface area contributed by atoms with E-state index in [0.29, 0.717) is 17.0 Å². The highest BCUT2D eigenvalue weighted by atomic mass is 32.2. The van der Waals surface area contributed by atoms with Gasteiger partial charge in [0.05, 0.1) is 18.7 Å². The molecule has 0 aromatic heterocycles. The first-order valence-corrected chi connectivity index (χ1v) is 16.2. The van der Waals surface area contributed by atoms with Crippen molar-refractivity contribution < 1.29 is 42.9 Å². The van der Waals surface area contributed by atoms with Crippen molar-refractivity contribution in [2.75, 3.05) is 23.8 Å². The van der Waals surface area contributed by atoms with Crippen molar-refractivity contribution in [2.45, 2.75) is 50.1 Å². The molecule has 1 saturated heterocycles. The summed E-state index contributed by atoms with van der Waals surface area (Å²) in [5.41, 5.74) is 1.77. The van der Waals surface area contributed by atoms with Crippen LogP contribution >= 0.6 is 11.8 Å². The summed E-state index contributed by atoms with van der Waals surface area (Å²) in [6, 6.07) is 16.3. The average Bonchev–Trinajstić information content (AvgIpc) is 3.06. The summed E-state index contributed by atoms with van der Waals surface area (Å²) >= 11 is 1.26. The molecule has 4 N–H and O–H groups in total. The monoisotopic (exact) mass is 669 g/mol. The first-order valence-electron chi connectivity index (χ1n) is 15.1. The van der Waals surface area contributed by atoms with E-state index in [9.17, 15) is 38.2 Å². The predicted molar refractivity (Wildman–Crippen MR) is 173 cm³/mol. The molecule has 1 aliphatic rings. The van der Waals surface area contributed by atoms with E-state index in [1.54, 1.807) is 29.2 Å². The lowest BCUT2D eigenvalue weighted by atomic mass is 9.92. The van der Waals surface area contributed by atoms with Gasteiger partial charge in [0.2, 0.25) is 11.8 Å². The van der Waals surface area contributed by atoms with E-state index in [4.69, 9.17) is 4.74 Å². The number of thioether (sulfide) groups is 1. The number of carbonyl (C=O) groups excluding carboxylic acids is 3. The van der Waals surface area contributed by atoms with Gasteiger partial charge in [0, 0.05) is 11.4 Å². The Balaban J connectivity index is 1.35. The minimum atomic E-state index is -1.14. The molecule has 5 atom stereocenters. The number of rotatable bonds is 16. The van der Waals surface area contributed by atoms with Gasteiger partial charge in [0.1, 0.15) is 28.7 Å². The molecular formula is C34H37F2N3O7S. The zero-order chi connectivity index (χ0) is 34.1. The first kappa shape index (κ1) is 35.4. The van der Waals surface area contributed by atoms with Crippen LogP contribution in [0.25, 0.3) is 0 Å². The lowest BCUT2D eigenvalue weighted by Crippen LogP contribution is -2.57. The summed E-state index contributed by atoms with van der Waals surface area (Å²) < 4.78 is 32.5. The maximum absolute atomic E-state index is 13.6. The van der Waals surface area contributed by atoms with E-state index in [1.807, 2.05) is 13.8 Å². The minimum absolute atomic E-state index is 0.104. The summed E-state index contributed by atoms with van der Waals surface area (Å²) in [5, 5.41) is 24.3. The molecule has 4 rings (SSSR count). The molecule has 3 aromatic carbocycles. The molecule has 0 aliphatic carbocycles. The Labute approximate surface area is 275 Å². The van der Waals surface area contributed by atoms with E-state index in [-0.39, 0.29) is 24.0 Å². The van der Waals surface area contributed by atoms with Gasteiger partial charge >= 0.3 is 5.97 Å². The Bertz CT molecular complexity index is 1540. The quantitative estimate of drug-likeness (QED) is 0.165. The fourth-order valence-corrected chi connectivity index (χ4v) is 6.29. The number of aliphatic carboxylic acids is 1. The van der Waals surface area contributed by atoms with Crippen LogP contribution in [-0.2, 0) is 19.2 Å². The Morgan fingerprint density at radius 3 is 2.17 bits per heavy atom. The van der Waals surface area contributed by atoms with Crippen molar-refractivity contribution in [3.8, 4) is 5.75 Å². The number of amides is 3. The fourth-order valence-electron chi connectivity index (χ4n) is 4.99. The highest BCUT2D eigenvalue weighted by Crippen LogP contribution is 2.46. The smallest absolute Gasteiger partial charge is 0.326 e. The molecule has 10 nitrogen and oxygen atoms in total. The van der Waals surface area contributed by atoms with Gasteiger partial charge in [-0.3, -0.25) is 14.4 Å². The largest absolute Gasteiger partial charge is 0.484 e. The van der Waals surface area contributed by atoms with Gasteiger partial charge in [0.15, 0.2) is 6.61 Å². The second-order valence-electron chi connectivity index (χ2n) is 11.3. The number of hydrogen-bond donors (Lipinski definition) is 4. The molecule has 0 saturated carbocycles. The van der Waals surface area contributed by atoms with Gasteiger partial charge in [-0.1, -0.05) is 44.5 Å². The van der Waals surface area contributed by atoms with Crippen molar-refractivity contribution in [1.82, 2.24) is 10.6 Å². The summed E-state index contributed by atoms with van der Waals surface area (Å²) in [6.45, 7) is 3.01. The molecule has 47 heavy (non-hydrogen) atoms. The van der Waals surface area contributed by atoms with Crippen molar-refractivity contribution in [2.24, 2.45) is 5.92 Å². The molecule has 0 radical (unpaired) electrons. The summed E-state index contributed by atoms with van der Waals surface area (Å²) in [7, 11) is 0. The van der Waals surface area contributed by atoms with Crippen LogP contribution in [0.15, 0.2) is 72.8 Å². The van der Waals surface area contributed by atoms with E-state index >= 15 is 0 Å². The molecule has 13 heteroatoms. The molecule has 3 aromatic rings. The third-order valence-corrected chi connectivity index (χ3v) is 9.17. The number of carboxylic acids is 1. The first-order chi connectivity index (χ1) is 22.5. The molecule has 0 bridgehead atoms. The number of β-lactam (4-membered cyclic amide) rings is 1. The molecule has 250 valence electrons. The number of aliphatic hydroxyl groups is 1. The van der Waals surface area contributed by atoms with Crippen LogP contribution in [0.5, 0.6) is 5.75 Å². The molecule has 3 amide bonds. The lowest BCUT2D eigenvalue weighted by Gasteiger charge is -2.47. The van der Waals surface area contributed by atoms with Crippen molar-refractivity contribution in [1.29, 1.82) is 0 Å². The number of benzene rings is 3. The Kier molecular flexibility index (Phi) is 12.3. The number of anilines is 1. The number of carboxylic acid groups (broad SMARTS) is 1. The molecule has 4 unspecified atom stereocenters. The van der Waals surface area contributed by atoms with Crippen molar-refractivity contribution in [3.63, 3.8) is 0 Å². The van der Waals surface area contributed by atoms with Gasteiger partial charge in [-0.15, -0.1) is 11.8 Å². The second kappa shape index (κ2) is 16.4. The highest BCUT2D eigenvalue weighted by molar-refractivity contribution is 8.00. The number of nitrogens with zero attached hydrogens (tertiary/aromatic N) is 1. The number of aliphatic hydroxyl groups excluding tert-OH is 1. The molecule has 1 heterocycles. The molecule has 0 spiro atoms. The van der Waals surface area contributed by atoms with Gasteiger partial charge in [-0.25, -0.2) is 13.6 Å². The predicted octanol–water partition coefficient (Wildman–Crippen LogP) is 4.39. The zero-order valence-electron chi connectivity index (χ0n) is 25.9. The lowest BCUT2D eigenvalue weighted by molar-refractivity contribution is -0.142. The third kappa shape index (κ3) is 9.52. The standard InChI is InChI=1S/C34H37F2N3O7S/c1-3-20(2)16-27(34(44)45)38-29(41)17-37-30(42)18-46-26-14-6-22(7-15-26)31-32(33(43)39(31)25-12-10-24(36)11-13-25)47-19-28(40)21-4-8-23(35)9-5-21/h4-15,20,27-28,31-32,40H,3,16-19H2,1-2H3,(H,37,42)(H,38,41)(H,44,45)/t20?,27?,28?,31?,32-/m1/s1. The minimum Gasteiger partial charge on any atom is -0.484 e. The maximum atomic E-state index is 13.6. The normalized spacial score (nSPS) is 17.6. The van der Waals surface area contributed by atoms with Gasteiger partial charge < -0.3 is 30.5 Å². The van der Waals surface area contributed by atoms with Crippen LogP contribution in [-0.4, -0.2) is 64.1 Å². The van der Waals surface area contributed by atoms with E-state index in [1.165, 1.54) is 60.3 Å². The number of nitrogens with one attached hydrogen (secondary N) is 2. The summed E-state index contributed by atoms with van der Waals surface area (Å²) in [4.78, 5) is 50.8. The Morgan fingerprint density at radius 2 is 1.57 bits per heavy atom. The van der Waals surface area contributed by atoms with Crippen LogP contribution in [0, 0.1) is 17.6 Å². The third-order valence-electron chi connectivity index (χ3n) is 7.84. The van der Waals surface area contributed by atoms with Crippen LogP contribution in [0.2, 0.25) is 0 Å². The van der Waals surface area contributed by atoms with Crippen molar-refractivity contribution in [3.05, 3.63) is 95.6 Å². The van der Waals surface area contributed by atoms with Crippen LogP contribution < -0.4 is 20.3 Å². The Hall–Kier alpha value is -4.49. The average molecular weight is 670 g/mol. The SMILES string of the molecule is CCC(C)CC(NC(=O)CNC(=O)COc1ccc(C2[C@@H](SCC(O)c3ccc(F)cc3)C(=O)N2c2ccc(F)cc2)cc1)C(=O)O. The molecular weight excluding hydrogens is 632 g/mol. The molecule has 1 fully saturated rings. The van der Waals surface area contributed by atoms with Crippen LogP contribution in [0.3, 0.4) is 0 Å². The fraction of sp³-hybridized carbons (Fsp3) is 0.353. The van der Waals surface area contributed by atoms with E-state index in [2.05, 4.69) is 10.6 Å². The van der Waals surface area contributed by atoms with Gasteiger partial charge in [-0.2, -0.15) is 0 Å². The second-order valence-corrected chi connectivity index (χ2v) is 12.5. The molecule has 1 aliphatic heterocycles. The number of halogens is 2. The van der Waals surface area contributed by atoms with Gasteiger partial charge in [-0.05, 0) is 72.0 Å². The number of carbonyl (C=O) groups is 4. The summed E-state index contributed by atoms with van der Waals surface area (Å²) in [5.74, 6) is -2.79. The van der Waals surface area contributed by atoms with Crippen molar-refractivity contribution >= 4 is 41.1 Å². The van der Waals surface area contributed by atoms with Gasteiger partial charge in [0.25, 0.3) is 5.91 Å². The summed E-state index contributed by atoms with van der Waals surface area (Å²) in [6.07, 6.45) is 0.117. The van der Waals surface area contributed by atoms with Crippen LogP contribution in [0.4, 0.5) is 14.5 Å². The maximum Gasteiger partial charge on any atom is 0.326 e. The zero-order valence-corrected chi connectivity index (χ0v) is 26.7.